The zero-order chi connectivity index (χ0) is 14.5. The minimum absolute atomic E-state index is 0.199. The number of carbonyl (C=O) groups is 1. The van der Waals surface area contributed by atoms with E-state index in [0.717, 1.165) is 0 Å². The van der Waals surface area contributed by atoms with E-state index in [1.54, 1.807) is 6.92 Å². The molecule has 1 unspecified atom stereocenters. The van der Waals surface area contributed by atoms with Crippen LogP contribution in [0.5, 0.6) is 5.75 Å². The van der Waals surface area contributed by atoms with Crippen molar-refractivity contribution in [2.24, 2.45) is 11.7 Å². The maximum Gasteiger partial charge on any atom is 0.244 e. The van der Waals surface area contributed by atoms with Gasteiger partial charge in [-0.15, -0.1) is 0 Å². The number of rotatable bonds is 6. The van der Waals surface area contributed by atoms with Crippen molar-refractivity contribution >= 4 is 11.6 Å². The number of anilines is 1. The average Bonchev–Trinajstić information content (AvgIpc) is 2.37. The van der Waals surface area contributed by atoms with E-state index in [1.165, 1.54) is 0 Å². The number of carbonyl (C=O) groups excluding carboxylic acids is 1. The Morgan fingerprint density at radius 2 is 2.05 bits per heavy atom. The molecule has 1 rings (SSSR count). The van der Waals surface area contributed by atoms with Gasteiger partial charge >= 0.3 is 0 Å². The van der Waals surface area contributed by atoms with Crippen LogP contribution in [0.2, 0.25) is 0 Å². The highest BCUT2D eigenvalue weighted by atomic mass is 16.5. The summed E-state index contributed by atoms with van der Waals surface area (Å²) in [6.45, 7) is 8.38. The van der Waals surface area contributed by atoms with Gasteiger partial charge in [0.1, 0.15) is 5.75 Å². The standard InChI is InChI=1S/C15H24N2O2/c1-5-15(4,16)14(18)17-12-8-6-7-9-13(12)19-10-11(2)3/h6-9,11H,5,10,16H2,1-4H3,(H,17,18). The Labute approximate surface area is 115 Å². The SMILES string of the molecule is CCC(C)(N)C(=O)Nc1ccccc1OCC(C)C. The number of amides is 1. The molecule has 0 aliphatic carbocycles. The first kappa shape index (κ1) is 15.5. The summed E-state index contributed by atoms with van der Waals surface area (Å²) in [7, 11) is 0. The van der Waals surface area contributed by atoms with E-state index in [0.29, 0.717) is 30.4 Å². The number of hydrogen-bond acceptors (Lipinski definition) is 3. The van der Waals surface area contributed by atoms with E-state index in [4.69, 9.17) is 10.5 Å². The lowest BCUT2D eigenvalue weighted by molar-refractivity contribution is -0.120. The Morgan fingerprint density at radius 3 is 2.63 bits per heavy atom. The monoisotopic (exact) mass is 264 g/mol. The molecule has 19 heavy (non-hydrogen) atoms. The smallest absolute Gasteiger partial charge is 0.244 e. The maximum atomic E-state index is 12.1. The minimum Gasteiger partial charge on any atom is -0.491 e. The molecule has 0 saturated carbocycles. The molecular weight excluding hydrogens is 240 g/mol. The first-order valence-corrected chi connectivity index (χ1v) is 6.69. The Morgan fingerprint density at radius 1 is 1.42 bits per heavy atom. The number of nitrogens with two attached hydrogens (primary N) is 1. The number of ether oxygens (including phenoxy) is 1. The Balaban J connectivity index is 2.80. The van der Waals surface area contributed by atoms with E-state index in [1.807, 2.05) is 31.2 Å². The van der Waals surface area contributed by atoms with Gasteiger partial charge in [0.25, 0.3) is 0 Å². The first-order chi connectivity index (χ1) is 8.86. The van der Waals surface area contributed by atoms with Crippen LogP contribution in [-0.2, 0) is 4.79 Å². The molecule has 0 fully saturated rings. The third-order valence-electron chi connectivity index (χ3n) is 2.96. The van der Waals surface area contributed by atoms with Gasteiger partial charge in [-0.3, -0.25) is 4.79 Å². The van der Waals surface area contributed by atoms with Crippen LogP contribution in [0.15, 0.2) is 24.3 Å². The van der Waals surface area contributed by atoms with Crippen molar-refractivity contribution in [1.82, 2.24) is 0 Å². The van der Waals surface area contributed by atoms with Crippen molar-refractivity contribution in [1.29, 1.82) is 0 Å². The fourth-order valence-corrected chi connectivity index (χ4v) is 1.38. The topological polar surface area (TPSA) is 64.4 Å². The highest BCUT2D eigenvalue weighted by Gasteiger charge is 2.26. The van der Waals surface area contributed by atoms with E-state index in [-0.39, 0.29) is 5.91 Å². The Kier molecular flexibility index (Phi) is 5.36. The van der Waals surface area contributed by atoms with Crippen molar-refractivity contribution in [2.45, 2.75) is 39.7 Å². The van der Waals surface area contributed by atoms with Crippen LogP contribution in [-0.4, -0.2) is 18.1 Å². The van der Waals surface area contributed by atoms with Crippen LogP contribution in [0.3, 0.4) is 0 Å². The minimum atomic E-state index is -0.870. The molecule has 1 aromatic carbocycles. The predicted octanol–water partition coefficient (Wildman–Crippen LogP) is 2.79. The fourth-order valence-electron chi connectivity index (χ4n) is 1.38. The van der Waals surface area contributed by atoms with E-state index < -0.39 is 5.54 Å². The quantitative estimate of drug-likeness (QED) is 0.830. The van der Waals surface area contributed by atoms with Gasteiger partial charge in [-0.2, -0.15) is 0 Å². The number of benzene rings is 1. The lowest BCUT2D eigenvalue weighted by atomic mass is 9.99. The molecule has 0 heterocycles. The summed E-state index contributed by atoms with van der Waals surface area (Å²) >= 11 is 0. The molecule has 4 heteroatoms. The van der Waals surface area contributed by atoms with Gasteiger partial charge in [-0.05, 0) is 31.4 Å². The summed E-state index contributed by atoms with van der Waals surface area (Å²) in [5, 5.41) is 2.84. The summed E-state index contributed by atoms with van der Waals surface area (Å²) in [6, 6.07) is 7.40. The Bertz CT molecular complexity index is 428. The second kappa shape index (κ2) is 6.57. The van der Waals surface area contributed by atoms with Crippen molar-refractivity contribution in [3.8, 4) is 5.75 Å². The van der Waals surface area contributed by atoms with Crippen LogP contribution >= 0.6 is 0 Å². The molecule has 1 aromatic rings. The van der Waals surface area contributed by atoms with Crippen LogP contribution in [0, 0.1) is 5.92 Å². The highest BCUT2D eigenvalue weighted by Crippen LogP contribution is 2.25. The van der Waals surface area contributed by atoms with Crippen molar-refractivity contribution in [3.63, 3.8) is 0 Å². The molecule has 3 N–H and O–H groups in total. The fraction of sp³-hybridized carbons (Fsp3) is 0.533. The van der Waals surface area contributed by atoms with E-state index >= 15 is 0 Å². The van der Waals surface area contributed by atoms with E-state index in [2.05, 4.69) is 19.2 Å². The number of hydrogen-bond donors (Lipinski definition) is 2. The van der Waals surface area contributed by atoms with Crippen molar-refractivity contribution < 1.29 is 9.53 Å². The third-order valence-corrected chi connectivity index (χ3v) is 2.96. The van der Waals surface area contributed by atoms with Crippen molar-refractivity contribution in [3.05, 3.63) is 24.3 Å². The van der Waals surface area contributed by atoms with Gasteiger partial charge in [0, 0.05) is 0 Å². The van der Waals surface area contributed by atoms with Gasteiger partial charge in [-0.25, -0.2) is 0 Å². The maximum absolute atomic E-state index is 12.1. The van der Waals surface area contributed by atoms with Gasteiger partial charge in [0.05, 0.1) is 17.8 Å². The second-order valence-electron chi connectivity index (χ2n) is 5.43. The van der Waals surface area contributed by atoms with Crippen LogP contribution < -0.4 is 15.8 Å². The molecule has 1 atom stereocenters. The summed E-state index contributed by atoms with van der Waals surface area (Å²) in [5.74, 6) is 0.909. The average molecular weight is 264 g/mol. The van der Waals surface area contributed by atoms with Gasteiger partial charge in [0.15, 0.2) is 0 Å². The zero-order valence-electron chi connectivity index (χ0n) is 12.2. The zero-order valence-corrected chi connectivity index (χ0v) is 12.2. The van der Waals surface area contributed by atoms with Crippen LogP contribution in [0.1, 0.15) is 34.1 Å². The summed E-state index contributed by atoms with van der Waals surface area (Å²) in [6.07, 6.45) is 0.577. The lowest BCUT2D eigenvalue weighted by Crippen LogP contribution is -2.47. The largest absolute Gasteiger partial charge is 0.491 e. The number of nitrogens with one attached hydrogen (secondary N) is 1. The highest BCUT2D eigenvalue weighted by molar-refractivity contribution is 5.98. The molecule has 0 bridgehead atoms. The molecule has 0 saturated heterocycles. The number of para-hydroxylation sites is 2. The molecule has 0 radical (unpaired) electrons. The molecule has 1 amide bonds. The van der Waals surface area contributed by atoms with Gasteiger partial charge < -0.3 is 15.8 Å². The molecule has 4 nitrogen and oxygen atoms in total. The Hall–Kier alpha value is -1.55. The normalized spacial score (nSPS) is 14.0. The third kappa shape index (κ3) is 4.56. The molecular formula is C15H24N2O2. The summed E-state index contributed by atoms with van der Waals surface area (Å²) < 4.78 is 5.69. The van der Waals surface area contributed by atoms with Gasteiger partial charge in [0.2, 0.25) is 5.91 Å². The molecule has 0 aromatic heterocycles. The van der Waals surface area contributed by atoms with Gasteiger partial charge in [-0.1, -0.05) is 32.9 Å². The molecule has 0 aliphatic heterocycles. The summed E-state index contributed by atoms with van der Waals surface area (Å²) in [4.78, 5) is 12.1. The van der Waals surface area contributed by atoms with E-state index in [9.17, 15) is 4.79 Å². The first-order valence-electron chi connectivity index (χ1n) is 6.69. The molecule has 0 aliphatic rings. The lowest BCUT2D eigenvalue weighted by Gasteiger charge is -2.22. The summed E-state index contributed by atoms with van der Waals surface area (Å²) in [5.41, 5.74) is 5.72. The molecule has 106 valence electrons. The second-order valence-corrected chi connectivity index (χ2v) is 5.43. The van der Waals surface area contributed by atoms with Crippen molar-refractivity contribution in [2.75, 3.05) is 11.9 Å². The van der Waals surface area contributed by atoms with Crippen LogP contribution in [0.25, 0.3) is 0 Å². The predicted molar refractivity (Wildman–Crippen MR) is 78.3 cm³/mol. The van der Waals surface area contributed by atoms with Crippen LogP contribution in [0.4, 0.5) is 5.69 Å². The molecule has 0 spiro atoms.